The molecule has 1 heterocycles. The van der Waals surface area contributed by atoms with Crippen molar-refractivity contribution in [2.24, 2.45) is 5.10 Å². The number of nitrogens with zero attached hydrogens (tertiary/aromatic N) is 1. The average Bonchev–Trinajstić information content (AvgIpc) is 2.53. The Morgan fingerprint density at radius 2 is 1.82 bits per heavy atom. The van der Waals surface area contributed by atoms with Crippen molar-refractivity contribution in [2.45, 2.75) is 12.8 Å². The van der Waals surface area contributed by atoms with Gasteiger partial charge in [-0.2, -0.15) is 5.10 Å². The van der Waals surface area contributed by atoms with Crippen molar-refractivity contribution >= 4 is 29.3 Å². The molecule has 1 atom stereocenters. The minimum Gasteiger partial charge on any atom is -0.466 e. The molecule has 0 radical (unpaired) electrons. The van der Waals surface area contributed by atoms with Crippen molar-refractivity contribution < 1.29 is 19.1 Å². The summed E-state index contributed by atoms with van der Waals surface area (Å²) in [7, 11) is 2.52. The van der Waals surface area contributed by atoms with Crippen LogP contribution in [0.4, 0.5) is 0 Å². The van der Waals surface area contributed by atoms with Crippen LogP contribution in [0, 0.1) is 0 Å². The maximum Gasteiger partial charge on any atom is 0.355 e. The molecule has 0 fully saturated rings. The molecule has 1 N–H and O–H groups in total. The SMILES string of the molecule is COC(=O)C1=NNC(C)=C(C(=O)OC)C1c1ccccc1Cl. The Bertz CT molecular complexity index is 682. The van der Waals surface area contributed by atoms with Crippen LogP contribution in [0.3, 0.4) is 0 Å². The molecule has 1 aliphatic rings. The lowest BCUT2D eigenvalue weighted by Crippen LogP contribution is -2.35. The van der Waals surface area contributed by atoms with Crippen LogP contribution in [0.25, 0.3) is 0 Å². The van der Waals surface area contributed by atoms with E-state index < -0.39 is 17.9 Å². The first-order valence-electron chi connectivity index (χ1n) is 6.46. The Kier molecular flexibility index (Phi) is 4.82. The zero-order valence-electron chi connectivity index (χ0n) is 12.3. The van der Waals surface area contributed by atoms with Gasteiger partial charge in [-0.15, -0.1) is 0 Å². The van der Waals surface area contributed by atoms with E-state index in [0.717, 1.165) is 0 Å². The molecule has 1 aromatic carbocycles. The minimum absolute atomic E-state index is 0.0431. The molecule has 0 saturated heterocycles. The van der Waals surface area contributed by atoms with Crippen LogP contribution in [0.5, 0.6) is 0 Å². The molecule has 1 unspecified atom stereocenters. The highest BCUT2D eigenvalue weighted by Gasteiger charge is 2.38. The van der Waals surface area contributed by atoms with Gasteiger partial charge >= 0.3 is 11.9 Å². The van der Waals surface area contributed by atoms with Crippen molar-refractivity contribution in [1.82, 2.24) is 5.43 Å². The van der Waals surface area contributed by atoms with Gasteiger partial charge in [0.15, 0.2) is 5.71 Å². The van der Waals surface area contributed by atoms with E-state index >= 15 is 0 Å². The molecule has 0 bridgehead atoms. The van der Waals surface area contributed by atoms with Gasteiger partial charge in [0.2, 0.25) is 0 Å². The molecule has 116 valence electrons. The van der Waals surface area contributed by atoms with Gasteiger partial charge in [-0.05, 0) is 18.6 Å². The monoisotopic (exact) mass is 322 g/mol. The number of methoxy groups -OCH3 is 2. The summed E-state index contributed by atoms with van der Waals surface area (Å²) in [5.41, 5.74) is 4.04. The van der Waals surface area contributed by atoms with Crippen LogP contribution in [0.1, 0.15) is 18.4 Å². The van der Waals surface area contributed by atoms with Crippen molar-refractivity contribution in [3.05, 3.63) is 46.1 Å². The number of carbonyl (C=O) groups is 2. The molecule has 7 heteroatoms. The number of allylic oxidation sites excluding steroid dienone is 1. The smallest absolute Gasteiger partial charge is 0.355 e. The summed E-state index contributed by atoms with van der Waals surface area (Å²) < 4.78 is 9.58. The Balaban J connectivity index is 2.64. The van der Waals surface area contributed by atoms with Crippen LogP contribution in [0.2, 0.25) is 5.02 Å². The number of hydrogen-bond donors (Lipinski definition) is 1. The molecule has 0 amide bonds. The lowest BCUT2D eigenvalue weighted by molar-refractivity contribution is -0.136. The third-order valence-electron chi connectivity index (χ3n) is 3.33. The number of nitrogens with one attached hydrogen (secondary N) is 1. The van der Waals surface area contributed by atoms with E-state index in [0.29, 0.717) is 16.3 Å². The number of hydrogen-bond acceptors (Lipinski definition) is 6. The van der Waals surface area contributed by atoms with Crippen molar-refractivity contribution in [1.29, 1.82) is 0 Å². The largest absolute Gasteiger partial charge is 0.466 e. The predicted molar refractivity (Wildman–Crippen MR) is 81.5 cm³/mol. The molecule has 6 nitrogen and oxygen atoms in total. The molecule has 0 spiro atoms. The molecule has 1 aromatic rings. The second-order valence-electron chi connectivity index (χ2n) is 4.59. The topological polar surface area (TPSA) is 77.0 Å². The zero-order valence-corrected chi connectivity index (χ0v) is 13.1. The van der Waals surface area contributed by atoms with Crippen LogP contribution >= 0.6 is 11.6 Å². The number of ether oxygens (including phenoxy) is 2. The molecular weight excluding hydrogens is 308 g/mol. The molecule has 22 heavy (non-hydrogen) atoms. The summed E-state index contributed by atoms with van der Waals surface area (Å²) in [5.74, 6) is -1.97. The summed E-state index contributed by atoms with van der Waals surface area (Å²) in [6, 6.07) is 6.93. The second-order valence-corrected chi connectivity index (χ2v) is 4.99. The van der Waals surface area contributed by atoms with E-state index in [4.69, 9.17) is 21.1 Å². The van der Waals surface area contributed by atoms with E-state index in [1.807, 2.05) is 0 Å². The van der Waals surface area contributed by atoms with Crippen LogP contribution < -0.4 is 5.43 Å². The first-order chi connectivity index (χ1) is 10.5. The highest BCUT2D eigenvalue weighted by molar-refractivity contribution is 6.41. The van der Waals surface area contributed by atoms with Gasteiger partial charge in [-0.3, -0.25) is 5.43 Å². The number of esters is 2. The van der Waals surface area contributed by atoms with E-state index in [2.05, 4.69) is 10.5 Å². The summed E-state index contributed by atoms with van der Waals surface area (Å²) in [5, 5.41) is 4.43. The van der Waals surface area contributed by atoms with Gasteiger partial charge in [0.25, 0.3) is 0 Å². The van der Waals surface area contributed by atoms with Crippen molar-refractivity contribution in [3.63, 3.8) is 0 Å². The lowest BCUT2D eigenvalue weighted by atomic mass is 9.84. The van der Waals surface area contributed by atoms with E-state index in [9.17, 15) is 9.59 Å². The normalized spacial score (nSPS) is 17.5. The Morgan fingerprint density at radius 3 is 2.41 bits per heavy atom. The number of rotatable bonds is 3. The summed E-state index contributed by atoms with van der Waals surface area (Å²) in [4.78, 5) is 24.2. The number of benzene rings is 1. The lowest BCUT2D eigenvalue weighted by Gasteiger charge is -2.26. The van der Waals surface area contributed by atoms with Gasteiger partial charge < -0.3 is 9.47 Å². The number of halogens is 1. The third kappa shape index (κ3) is 2.82. The first-order valence-corrected chi connectivity index (χ1v) is 6.84. The summed E-state index contributed by atoms with van der Waals surface area (Å²) in [6.45, 7) is 1.67. The van der Waals surface area contributed by atoms with E-state index in [-0.39, 0.29) is 11.3 Å². The minimum atomic E-state index is -0.755. The summed E-state index contributed by atoms with van der Waals surface area (Å²) >= 11 is 6.23. The van der Waals surface area contributed by atoms with Crippen molar-refractivity contribution in [2.75, 3.05) is 14.2 Å². The first kappa shape index (κ1) is 16.0. The molecule has 1 aliphatic heterocycles. The average molecular weight is 323 g/mol. The molecular formula is C15H15ClN2O4. The second kappa shape index (κ2) is 6.62. The van der Waals surface area contributed by atoms with Crippen LogP contribution in [-0.4, -0.2) is 31.9 Å². The van der Waals surface area contributed by atoms with E-state index in [1.54, 1.807) is 31.2 Å². The Labute approximate surface area is 132 Å². The maximum atomic E-state index is 12.2. The Morgan fingerprint density at radius 1 is 1.18 bits per heavy atom. The molecule has 0 aliphatic carbocycles. The number of hydrazone groups is 1. The zero-order chi connectivity index (χ0) is 16.3. The molecule has 0 aromatic heterocycles. The quantitative estimate of drug-likeness (QED) is 0.861. The summed E-state index contributed by atoms with van der Waals surface area (Å²) in [6.07, 6.45) is 0. The van der Waals surface area contributed by atoms with E-state index in [1.165, 1.54) is 14.2 Å². The third-order valence-corrected chi connectivity index (χ3v) is 3.67. The molecule has 0 saturated carbocycles. The van der Waals surface area contributed by atoms with Gasteiger partial charge in [0, 0.05) is 10.7 Å². The number of carbonyl (C=O) groups excluding carboxylic acids is 2. The fourth-order valence-electron chi connectivity index (χ4n) is 2.28. The fourth-order valence-corrected chi connectivity index (χ4v) is 2.53. The van der Waals surface area contributed by atoms with Crippen LogP contribution in [-0.2, 0) is 19.1 Å². The highest BCUT2D eigenvalue weighted by Crippen LogP contribution is 2.35. The maximum absolute atomic E-state index is 12.2. The molecule has 2 rings (SSSR count). The highest BCUT2D eigenvalue weighted by atomic mass is 35.5. The Hall–Kier alpha value is -2.34. The van der Waals surface area contributed by atoms with Gasteiger partial charge in [0.1, 0.15) is 0 Å². The van der Waals surface area contributed by atoms with Gasteiger partial charge in [-0.1, -0.05) is 29.8 Å². The standard InChI is InChI=1S/C15H15ClN2O4/c1-8-11(14(19)21-2)12(9-6-4-5-7-10(9)16)13(18-17-8)15(20)22-3/h4-7,12,17H,1-3H3. The van der Waals surface area contributed by atoms with Gasteiger partial charge in [0.05, 0.1) is 25.7 Å². The van der Waals surface area contributed by atoms with Crippen LogP contribution in [0.15, 0.2) is 40.6 Å². The van der Waals surface area contributed by atoms with Crippen molar-refractivity contribution in [3.8, 4) is 0 Å². The predicted octanol–water partition coefficient (Wildman–Crippen LogP) is 2.00. The fraction of sp³-hybridized carbons (Fsp3) is 0.267. The van der Waals surface area contributed by atoms with Gasteiger partial charge in [-0.25, -0.2) is 9.59 Å².